The van der Waals surface area contributed by atoms with Gasteiger partial charge in [0.05, 0.1) is 43.7 Å². The Morgan fingerprint density at radius 1 is 1.22 bits per heavy atom. The van der Waals surface area contributed by atoms with E-state index in [4.69, 9.17) is 25.3 Å². The van der Waals surface area contributed by atoms with Crippen molar-refractivity contribution in [1.82, 2.24) is 19.9 Å². The highest BCUT2D eigenvalue weighted by molar-refractivity contribution is 5.87. The molecule has 4 rings (SSSR count). The third-order valence-corrected chi connectivity index (χ3v) is 5.38. The number of hydrogen-bond donors (Lipinski definition) is 0. The standard InChI is InChI=1S/C26H27N5O5/c1-6-34-24(32)8-7-11-31-21-14-23(33-5)19(12-18(21)15-28-31)25-29-26(36-30-25)17-9-10-22(35-16(2)3)20(13-17)27-4/h9-10,12-16H,6-8,11H2,1-3,5H3. The topological polar surface area (TPSA) is 106 Å². The number of esters is 1. The van der Waals surface area contributed by atoms with Crippen LogP contribution < -0.4 is 9.47 Å². The number of aromatic nitrogens is 4. The van der Waals surface area contributed by atoms with Crippen molar-refractivity contribution >= 4 is 22.6 Å². The molecule has 0 spiro atoms. The molecule has 2 heterocycles. The summed E-state index contributed by atoms with van der Waals surface area (Å²) in [6.45, 7) is 14.0. The second kappa shape index (κ2) is 10.9. The molecule has 0 saturated heterocycles. The Hall–Kier alpha value is -4.39. The molecule has 0 fully saturated rings. The van der Waals surface area contributed by atoms with E-state index in [1.807, 2.05) is 30.7 Å². The van der Waals surface area contributed by atoms with E-state index in [2.05, 4.69) is 20.1 Å². The average Bonchev–Trinajstić information content (AvgIpc) is 3.51. The van der Waals surface area contributed by atoms with Crippen molar-refractivity contribution in [2.75, 3.05) is 13.7 Å². The molecule has 0 bridgehead atoms. The molecular formula is C26H27N5O5. The molecule has 0 saturated carbocycles. The lowest BCUT2D eigenvalue weighted by molar-refractivity contribution is -0.143. The van der Waals surface area contributed by atoms with E-state index < -0.39 is 0 Å². The number of carbonyl (C=O) groups is 1. The highest BCUT2D eigenvalue weighted by Crippen LogP contribution is 2.36. The van der Waals surface area contributed by atoms with Gasteiger partial charge in [0.1, 0.15) is 11.5 Å². The van der Waals surface area contributed by atoms with Crippen LogP contribution in [0.3, 0.4) is 0 Å². The number of rotatable bonds is 10. The first-order chi connectivity index (χ1) is 17.4. The molecule has 2 aromatic heterocycles. The number of aryl methyl sites for hydroxylation is 1. The van der Waals surface area contributed by atoms with E-state index in [0.717, 1.165) is 10.9 Å². The summed E-state index contributed by atoms with van der Waals surface area (Å²) in [5, 5.41) is 9.47. The predicted molar refractivity (Wildman–Crippen MR) is 133 cm³/mol. The largest absolute Gasteiger partial charge is 0.502 e. The number of ether oxygens (including phenoxy) is 3. The molecule has 10 heteroatoms. The number of benzene rings is 2. The monoisotopic (exact) mass is 489 g/mol. The van der Waals surface area contributed by atoms with Crippen molar-refractivity contribution < 1.29 is 23.5 Å². The zero-order chi connectivity index (χ0) is 25.7. The van der Waals surface area contributed by atoms with Gasteiger partial charge in [-0.1, -0.05) is 5.16 Å². The Balaban J connectivity index is 1.60. The lowest BCUT2D eigenvalue weighted by Gasteiger charge is -2.11. The van der Waals surface area contributed by atoms with Crippen molar-refractivity contribution in [1.29, 1.82) is 0 Å². The molecule has 0 aliphatic rings. The summed E-state index contributed by atoms with van der Waals surface area (Å²) in [5.74, 6) is 1.49. The van der Waals surface area contributed by atoms with E-state index >= 15 is 0 Å². The molecule has 0 aliphatic heterocycles. The van der Waals surface area contributed by atoms with E-state index in [1.54, 1.807) is 38.4 Å². The second-order valence-electron chi connectivity index (χ2n) is 8.27. The molecular weight excluding hydrogens is 462 g/mol. The normalized spacial score (nSPS) is 11.0. The molecule has 0 radical (unpaired) electrons. The van der Waals surface area contributed by atoms with Crippen molar-refractivity contribution in [3.8, 4) is 34.3 Å². The van der Waals surface area contributed by atoms with E-state index in [-0.39, 0.29) is 18.0 Å². The molecule has 0 N–H and O–H groups in total. The minimum absolute atomic E-state index is 0.0457. The highest BCUT2D eigenvalue weighted by atomic mass is 16.5. The predicted octanol–water partition coefficient (Wildman–Crippen LogP) is 5.44. The first kappa shape index (κ1) is 24.7. The van der Waals surface area contributed by atoms with Gasteiger partial charge in [-0.05, 0) is 51.5 Å². The smallest absolute Gasteiger partial charge is 0.305 e. The van der Waals surface area contributed by atoms with Crippen LogP contribution in [0.4, 0.5) is 5.69 Å². The summed E-state index contributed by atoms with van der Waals surface area (Å²) in [4.78, 5) is 19.7. The van der Waals surface area contributed by atoms with Gasteiger partial charge in [-0.3, -0.25) is 9.48 Å². The van der Waals surface area contributed by atoms with Crippen LogP contribution in [-0.2, 0) is 16.1 Å². The first-order valence-electron chi connectivity index (χ1n) is 11.6. The quantitative estimate of drug-likeness (QED) is 0.214. The SMILES string of the molecule is [C-]#[N+]c1cc(-c2nc(-c3cc4cnn(CCCC(=O)OCC)c4cc3OC)no2)ccc1OC(C)C. The molecule has 36 heavy (non-hydrogen) atoms. The first-order valence-corrected chi connectivity index (χ1v) is 11.6. The maximum atomic E-state index is 11.6. The summed E-state index contributed by atoms with van der Waals surface area (Å²) in [7, 11) is 1.57. The van der Waals surface area contributed by atoms with Gasteiger partial charge in [-0.25, -0.2) is 4.85 Å². The Morgan fingerprint density at radius 2 is 2.06 bits per heavy atom. The van der Waals surface area contributed by atoms with Gasteiger partial charge in [0.15, 0.2) is 0 Å². The third kappa shape index (κ3) is 5.30. The lowest BCUT2D eigenvalue weighted by Crippen LogP contribution is -2.07. The van der Waals surface area contributed by atoms with E-state index in [1.165, 1.54) is 0 Å². The third-order valence-electron chi connectivity index (χ3n) is 5.38. The molecule has 0 atom stereocenters. The fourth-order valence-corrected chi connectivity index (χ4v) is 3.78. The van der Waals surface area contributed by atoms with Crippen LogP contribution in [0.25, 0.3) is 38.6 Å². The number of fused-ring (bicyclic) bond motifs is 1. The van der Waals surface area contributed by atoms with Crippen LogP contribution >= 0.6 is 0 Å². The van der Waals surface area contributed by atoms with Crippen molar-refractivity contribution in [2.45, 2.75) is 46.3 Å². The summed E-state index contributed by atoms with van der Waals surface area (Å²) in [5.41, 5.74) is 2.50. The van der Waals surface area contributed by atoms with Gasteiger partial charge >= 0.3 is 5.97 Å². The molecule has 4 aromatic rings. The van der Waals surface area contributed by atoms with Gasteiger partial charge in [0, 0.05) is 30.0 Å². The van der Waals surface area contributed by atoms with Gasteiger partial charge in [0.25, 0.3) is 5.89 Å². The van der Waals surface area contributed by atoms with Crippen LogP contribution in [-0.4, -0.2) is 45.7 Å². The number of nitrogens with zero attached hydrogens (tertiary/aromatic N) is 5. The summed E-state index contributed by atoms with van der Waals surface area (Å²) in [6.07, 6.45) is 2.65. The number of hydrogen-bond acceptors (Lipinski definition) is 8. The van der Waals surface area contributed by atoms with Crippen LogP contribution in [0.15, 0.2) is 41.1 Å². The summed E-state index contributed by atoms with van der Waals surface area (Å²) in [6, 6.07) is 8.94. The minimum Gasteiger partial charge on any atom is -0.502 e. The van der Waals surface area contributed by atoms with Crippen LogP contribution in [0.5, 0.6) is 11.5 Å². The number of methoxy groups -OCH3 is 1. The van der Waals surface area contributed by atoms with Crippen molar-refractivity contribution in [3.63, 3.8) is 0 Å². The fraction of sp³-hybridized carbons (Fsp3) is 0.346. The maximum absolute atomic E-state index is 11.6. The van der Waals surface area contributed by atoms with Gasteiger partial charge in [-0.15, -0.1) is 0 Å². The van der Waals surface area contributed by atoms with E-state index in [0.29, 0.717) is 60.1 Å². The van der Waals surface area contributed by atoms with Crippen LogP contribution in [0, 0.1) is 6.57 Å². The van der Waals surface area contributed by atoms with Gasteiger partial charge in [-0.2, -0.15) is 10.1 Å². The van der Waals surface area contributed by atoms with E-state index in [9.17, 15) is 4.79 Å². The minimum atomic E-state index is -0.215. The van der Waals surface area contributed by atoms with Crippen LogP contribution in [0.2, 0.25) is 0 Å². The van der Waals surface area contributed by atoms with Gasteiger partial charge < -0.3 is 18.7 Å². The van der Waals surface area contributed by atoms with Crippen LogP contribution in [0.1, 0.15) is 33.6 Å². The fourth-order valence-electron chi connectivity index (χ4n) is 3.78. The van der Waals surface area contributed by atoms with Gasteiger partial charge in [0.2, 0.25) is 11.5 Å². The molecule has 186 valence electrons. The molecule has 0 unspecified atom stereocenters. The Labute approximate surface area is 208 Å². The average molecular weight is 490 g/mol. The highest BCUT2D eigenvalue weighted by Gasteiger charge is 2.18. The Bertz CT molecular complexity index is 1420. The molecule has 0 amide bonds. The van der Waals surface area contributed by atoms with Crippen molar-refractivity contribution in [2.24, 2.45) is 0 Å². The molecule has 10 nitrogen and oxygen atoms in total. The zero-order valence-electron chi connectivity index (χ0n) is 20.6. The number of carbonyl (C=O) groups excluding carboxylic acids is 1. The molecule has 2 aromatic carbocycles. The Kier molecular flexibility index (Phi) is 7.49. The second-order valence-corrected chi connectivity index (χ2v) is 8.27. The molecule has 0 aliphatic carbocycles. The summed E-state index contributed by atoms with van der Waals surface area (Å²) >= 11 is 0. The Morgan fingerprint density at radius 3 is 2.78 bits per heavy atom. The van der Waals surface area contributed by atoms with Crippen molar-refractivity contribution in [3.05, 3.63) is 47.9 Å². The maximum Gasteiger partial charge on any atom is 0.305 e. The lowest BCUT2D eigenvalue weighted by atomic mass is 10.1. The summed E-state index contributed by atoms with van der Waals surface area (Å²) < 4.78 is 23.6. The zero-order valence-corrected chi connectivity index (χ0v) is 20.6.